The molecule has 1 aliphatic carbocycles. The number of hydrogen-bond donors (Lipinski definition) is 1. The van der Waals surface area contributed by atoms with Gasteiger partial charge in [0.1, 0.15) is 5.75 Å². The van der Waals surface area contributed by atoms with E-state index >= 15 is 0 Å². The second kappa shape index (κ2) is 6.78. The second-order valence-corrected chi connectivity index (χ2v) is 5.68. The average molecular weight is 275 g/mol. The highest BCUT2D eigenvalue weighted by atomic mass is 16.5. The molecule has 0 bridgehead atoms. The van der Waals surface area contributed by atoms with Gasteiger partial charge in [-0.05, 0) is 43.4 Å². The van der Waals surface area contributed by atoms with E-state index in [4.69, 9.17) is 4.74 Å². The predicted molar refractivity (Wildman–Crippen MR) is 80.9 cm³/mol. The first kappa shape index (κ1) is 14.9. The van der Waals surface area contributed by atoms with Crippen LogP contribution in [0.1, 0.15) is 56.2 Å². The maximum Gasteiger partial charge on any atom is 0.223 e. The minimum atomic E-state index is 0.104. The summed E-state index contributed by atoms with van der Waals surface area (Å²) in [4.78, 5) is 12.3. The van der Waals surface area contributed by atoms with Gasteiger partial charge in [-0.15, -0.1) is 0 Å². The number of aryl methyl sites for hydroxylation is 1. The highest BCUT2D eigenvalue weighted by Gasteiger charge is 2.24. The van der Waals surface area contributed by atoms with E-state index in [1.807, 2.05) is 13.0 Å². The van der Waals surface area contributed by atoms with Crippen molar-refractivity contribution >= 4 is 5.91 Å². The highest BCUT2D eigenvalue weighted by Crippen LogP contribution is 2.28. The van der Waals surface area contributed by atoms with Crippen LogP contribution in [0.25, 0.3) is 0 Å². The SMILES string of the molecule is CCC(NC(=O)C1CCCC1)c1ccc(OC)c(C)c1. The Labute approximate surface area is 121 Å². The lowest BCUT2D eigenvalue weighted by atomic mass is 10.00. The number of ether oxygens (including phenoxy) is 1. The van der Waals surface area contributed by atoms with Crippen molar-refractivity contribution in [1.82, 2.24) is 5.32 Å². The van der Waals surface area contributed by atoms with E-state index in [1.165, 1.54) is 12.8 Å². The molecule has 3 heteroatoms. The maximum atomic E-state index is 12.3. The quantitative estimate of drug-likeness (QED) is 0.888. The Morgan fingerprint density at radius 3 is 2.65 bits per heavy atom. The molecule has 20 heavy (non-hydrogen) atoms. The molecule has 1 amide bonds. The summed E-state index contributed by atoms with van der Waals surface area (Å²) in [6.45, 7) is 4.15. The maximum absolute atomic E-state index is 12.3. The van der Waals surface area contributed by atoms with Crippen molar-refractivity contribution in [3.05, 3.63) is 29.3 Å². The van der Waals surface area contributed by atoms with Gasteiger partial charge in [0.15, 0.2) is 0 Å². The Morgan fingerprint density at radius 1 is 1.40 bits per heavy atom. The number of benzene rings is 1. The average Bonchev–Trinajstić information content (AvgIpc) is 2.98. The first-order valence-corrected chi connectivity index (χ1v) is 7.60. The van der Waals surface area contributed by atoms with Crippen LogP contribution in [0, 0.1) is 12.8 Å². The summed E-state index contributed by atoms with van der Waals surface area (Å²) in [6.07, 6.45) is 5.38. The van der Waals surface area contributed by atoms with Crippen LogP contribution in [0.3, 0.4) is 0 Å². The zero-order valence-corrected chi connectivity index (χ0v) is 12.7. The third-order valence-corrected chi connectivity index (χ3v) is 4.27. The Balaban J connectivity index is 2.07. The van der Waals surface area contributed by atoms with E-state index in [9.17, 15) is 4.79 Å². The lowest BCUT2D eigenvalue weighted by Gasteiger charge is -2.21. The lowest BCUT2D eigenvalue weighted by Crippen LogP contribution is -2.32. The Bertz CT molecular complexity index is 464. The van der Waals surface area contributed by atoms with E-state index in [0.717, 1.165) is 36.1 Å². The molecule has 1 unspecified atom stereocenters. The summed E-state index contributed by atoms with van der Waals surface area (Å²) >= 11 is 0. The van der Waals surface area contributed by atoms with Crippen LogP contribution in [0.4, 0.5) is 0 Å². The number of carbonyl (C=O) groups is 1. The van der Waals surface area contributed by atoms with Crippen molar-refractivity contribution in [2.75, 3.05) is 7.11 Å². The lowest BCUT2D eigenvalue weighted by molar-refractivity contribution is -0.125. The van der Waals surface area contributed by atoms with Crippen molar-refractivity contribution in [3.63, 3.8) is 0 Å². The van der Waals surface area contributed by atoms with Crippen molar-refractivity contribution in [1.29, 1.82) is 0 Å². The fourth-order valence-electron chi connectivity index (χ4n) is 3.02. The minimum absolute atomic E-state index is 0.104. The van der Waals surface area contributed by atoms with Crippen molar-refractivity contribution in [3.8, 4) is 5.75 Å². The van der Waals surface area contributed by atoms with Crippen LogP contribution >= 0.6 is 0 Å². The van der Waals surface area contributed by atoms with E-state index in [0.29, 0.717) is 0 Å². The van der Waals surface area contributed by atoms with E-state index < -0.39 is 0 Å². The third-order valence-electron chi connectivity index (χ3n) is 4.27. The second-order valence-electron chi connectivity index (χ2n) is 5.68. The molecular formula is C17H25NO2. The Morgan fingerprint density at radius 2 is 2.10 bits per heavy atom. The molecule has 1 N–H and O–H groups in total. The van der Waals surface area contributed by atoms with Crippen molar-refractivity contribution in [2.45, 2.75) is 52.0 Å². The van der Waals surface area contributed by atoms with E-state index in [1.54, 1.807) is 7.11 Å². The molecule has 1 saturated carbocycles. The van der Waals surface area contributed by atoms with Gasteiger partial charge in [-0.3, -0.25) is 4.79 Å². The molecule has 2 rings (SSSR count). The third kappa shape index (κ3) is 3.33. The number of hydrogen-bond acceptors (Lipinski definition) is 2. The largest absolute Gasteiger partial charge is 0.496 e. The molecule has 0 spiro atoms. The molecule has 3 nitrogen and oxygen atoms in total. The molecule has 1 aromatic rings. The fraction of sp³-hybridized carbons (Fsp3) is 0.588. The van der Waals surface area contributed by atoms with Crippen molar-refractivity contribution in [2.24, 2.45) is 5.92 Å². The van der Waals surface area contributed by atoms with E-state index in [2.05, 4.69) is 24.4 Å². The number of rotatable bonds is 5. The van der Waals surface area contributed by atoms with Crippen LogP contribution in [0.15, 0.2) is 18.2 Å². The summed E-state index contributed by atoms with van der Waals surface area (Å²) < 4.78 is 5.29. The van der Waals surface area contributed by atoms with Gasteiger partial charge in [-0.2, -0.15) is 0 Å². The van der Waals surface area contributed by atoms with Crippen molar-refractivity contribution < 1.29 is 9.53 Å². The topological polar surface area (TPSA) is 38.3 Å². The number of methoxy groups -OCH3 is 1. The molecule has 0 aromatic heterocycles. The molecular weight excluding hydrogens is 250 g/mol. The molecule has 1 fully saturated rings. The van der Waals surface area contributed by atoms with E-state index in [-0.39, 0.29) is 17.9 Å². The molecule has 1 aliphatic rings. The minimum Gasteiger partial charge on any atom is -0.496 e. The molecule has 1 aromatic carbocycles. The highest BCUT2D eigenvalue weighted by molar-refractivity contribution is 5.79. The Kier molecular flexibility index (Phi) is 5.05. The monoisotopic (exact) mass is 275 g/mol. The van der Waals surface area contributed by atoms with Gasteiger partial charge >= 0.3 is 0 Å². The molecule has 110 valence electrons. The summed E-state index contributed by atoms with van der Waals surface area (Å²) in [6, 6.07) is 6.25. The first-order valence-electron chi connectivity index (χ1n) is 7.60. The van der Waals surface area contributed by atoms with Gasteiger partial charge < -0.3 is 10.1 Å². The number of amides is 1. The van der Waals surface area contributed by atoms with Gasteiger partial charge in [0, 0.05) is 5.92 Å². The van der Waals surface area contributed by atoms with Gasteiger partial charge in [0.05, 0.1) is 13.2 Å². The molecule has 0 saturated heterocycles. The summed E-state index contributed by atoms with van der Waals surface area (Å²) in [5.41, 5.74) is 2.27. The molecule has 0 aliphatic heterocycles. The van der Waals surface area contributed by atoms with Gasteiger partial charge in [-0.1, -0.05) is 31.9 Å². The zero-order chi connectivity index (χ0) is 14.5. The summed E-state index contributed by atoms with van der Waals surface area (Å²) in [5, 5.41) is 3.21. The van der Waals surface area contributed by atoms with Crippen LogP contribution < -0.4 is 10.1 Å². The van der Waals surface area contributed by atoms with Gasteiger partial charge in [0.25, 0.3) is 0 Å². The molecule has 1 atom stereocenters. The van der Waals surface area contributed by atoms with Gasteiger partial charge in [0.2, 0.25) is 5.91 Å². The zero-order valence-electron chi connectivity index (χ0n) is 12.7. The molecule has 0 radical (unpaired) electrons. The van der Waals surface area contributed by atoms with Crippen LogP contribution in [0.5, 0.6) is 5.75 Å². The predicted octanol–water partition coefficient (Wildman–Crippen LogP) is 3.76. The standard InChI is InChI=1S/C17H25NO2/c1-4-15(18-17(19)13-7-5-6-8-13)14-9-10-16(20-3)12(2)11-14/h9-11,13,15H,4-8H2,1-3H3,(H,18,19). The van der Waals surface area contributed by atoms with Crippen LogP contribution in [-0.4, -0.2) is 13.0 Å². The smallest absolute Gasteiger partial charge is 0.223 e. The summed E-state index contributed by atoms with van der Waals surface area (Å²) in [7, 11) is 1.68. The normalized spacial score (nSPS) is 16.9. The Hall–Kier alpha value is -1.51. The number of nitrogens with one attached hydrogen (secondary N) is 1. The number of carbonyl (C=O) groups excluding carboxylic acids is 1. The van der Waals surface area contributed by atoms with Crippen LogP contribution in [0.2, 0.25) is 0 Å². The van der Waals surface area contributed by atoms with Crippen LogP contribution in [-0.2, 0) is 4.79 Å². The van der Waals surface area contributed by atoms with Gasteiger partial charge in [-0.25, -0.2) is 0 Å². The first-order chi connectivity index (χ1) is 9.65. The fourth-order valence-corrected chi connectivity index (χ4v) is 3.02. The summed E-state index contributed by atoms with van der Waals surface area (Å²) in [5.74, 6) is 1.34. The molecule has 0 heterocycles.